The van der Waals surface area contributed by atoms with Crippen LogP contribution in [0.1, 0.15) is 35.6 Å². The fraction of sp³-hybridized carbons (Fsp3) is 0.240. The highest BCUT2D eigenvalue weighted by atomic mass is 16.2. The SMILES string of the molecule is Cc1cccc(Nc2cc(C3CCN(C(=O)C=Cc4ccccc4)CC3)ccn2)n1. The quantitative estimate of drug-likeness (QED) is 0.618. The van der Waals surface area contributed by atoms with E-state index in [-0.39, 0.29) is 5.91 Å². The van der Waals surface area contributed by atoms with Crippen molar-refractivity contribution >= 4 is 23.6 Å². The van der Waals surface area contributed by atoms with Gasteiger partial charge >= 0.3 is 0 Å². The van der Waals surface area contributed by atoms with Crippen LogP contribution in [0.25, 0.3) is 6.08 Å². The summed E-state index contributed by atoms with van der Waals surface area (Å²) in [5.41, 5.74) is 3.27. The highest BCUT2D eigenvalue weighted by Crippen LogP contribution is 2.29. The number of nitrogens with one attached hydrogen (secondary N) is 1. The predicted octanol–water partition coefficient (Wildman–Crippen LogP) is 4.95. The first-order valence-electron chi connectivity index (χ1n) is 10.4. The molecule has 5 heteroatoms. The van der Waals surface area contributed by atoms with Gasteiger partial charge in [0, 0.05) is 31.1 Å². The molecule has 0 radical (unpaired) electrons. The standard InChI is InChI=1S/C25H26N4O/c1-19-6-5-9-23(27-19)28-24-18-22(12-15-26-24)21-13-16-29(17-14-21)25(30)11-10-20-7-3-2-4-8-20/h2-12,15,18,21H,13-14,16-17H2,1H3,(H,26,27,28). The Morgan fingerprint density at radius 1 is 1.03 bits per heavy atom. The molecule has 3 heterocycles. The number of hydrogen-bond acceptors (Lipinski definition) is 4. The predicted molar refractivity (Wildman–Crippen MR) is 121 cm³/mol. The summed E-state index contributed by atoms with van der Waals surface area (Å²) in [6.07, 6.45) is 7.31. The first-order chi connectivity index (χ1) is 14.7. The van der Waals surface area contributed by atoms with Gasteiger partial charge in [-0.3, -0.25) is 4.79 Å². The molecule has 1 saturated heterocycles. The van der Waals surface area contributed by atoms with Gasteiger partial charge in [-0.25, -0.2) is 9.97 Å². The number of amides is 1. The summed E-state index contributed by atoms with van der Waals surface area (Å²) in [7, 11) is 0. The maximum absolute atomic E-state index is 12.5. The van der Waals surface area contributed by atoms with Crippen LogP contribution < -0.4 is 5.32 Å². The first kappa shape index (κ1) is 19.8. The summed E-state index contributed by atoms with van der Waals surface area (Å²) in [4.78, 5) is 23.4. The molecule has 3 aromatic rings. The number of hydrogen-bond donors (Lipinski definition) is 1. The van der Waals surface area contributed by atoms with Crippen molar-refractivity contribution in [1.29, 1.82) is 0 Å². The largest absolute Gasteiger partial charge is 0.339 e. The highest BCUT2D eigenvalue weighted by Gasteiger charge is 2.23. The maximum atomic E-state index is 12.5. The van der Waals surface area contributed by atoms with Gasteiger partial charge in [-0.05, 0) is 67.2 Å². The monoisotopic (exact) mass is 398 g/mol. The number of anilines is 2. The van der Waals surface area contributed by atoms with Gasteiger partial charge in [0.15, 0.2) is 0 Å². The summed E-state index contributed by atoms with van der Waals surface area (Å²) in [5.74, 6) is 2.11. The van der Waals surface area contributed by atoms with Crippen LogP contribution in [-0.4, -0.2) is 33.9 Å². The van der Waals surface area contributed by atoms with Crippen LogP contribution in [-0.2, 0) is 4.79 Å². The molecule has 30 heavy (non-hydrogen) atoms. The summed E-state index contributed by atoms with van der Waals surface area (Å²) in [6.45, 7) is 3.51. The van der Waals surface area contributed by atoms with Gasteiger partial charge in [0.2, 0.25) is 5.91 Å². The second-order valence-electron chi connectivity index (χ2n) is 7.61. The van der Waals surface area contributed by atoms with Crippen LogP contribution in [0.15, 0.2) is 72.9 Å². The van der Waals surface area contributed by atoms with E-state index in [4.69, 9.17) is 0 Å². The van der Waals surface area contributed by atoms with E-state index in [0.717, 1.165) is 48.8 Å². The van der Waals surface area contributed by atoms with E-state index in [1.807, 2.05) is 72.6 Å². The third-order valence-corrected chi connectivity index (χ3v) is 5.42. The topological polar surface area (TPSA) is 58.1 Å². The molecule has 0 saturated carbocycles. The number of carbonyl (C=O) groups is 1. The van der Waals surface area contributed by atoms with Gasteiger partial charge in [-0.2, -0.15) is 0 Å². The van der Waals surface area contributed by atoms with Gasteiger partial charge in [-0.15, -0.1) is 0 Å². The molecule has 1 amide bonds. The second kappa shape index (κ2) is 9.35. The van der Waals surface area contributed by atoms with E-state index in [1.165, 1.54) is 5.56 Å². The first-order valence-corrected chi connectivity index (χ1v) is 10.4. The number of pyridine rings is 2. The number of aromatic nitrogens is 2. The number of benzene rings is 1. The zero-order chi connectivity index (χ0) is 20.8. The van der Waals surface area contributed by atoms with Gasteiger partial charge in [0.05, 0.1) is 0 Å². The van der Waals surface area contributed by atoms with Crippen LogP contribution in [0.5, 0.6) is 0 Å². The molecule has 0 aliphatic carbocycles. The fourth-order valence-corrected chi connectivity index (χ4v) is 3.78. The number of rotatable bonds is 5. The van der Waals surface area contributed by atoms with Gasteiger partial charge in [0.25, 0.3) is 0 Å². The Labute approximate surface area is 177 Å². The molecule has 0 bridgehead atoms. The molecule has 0 spiro atoms. The number of nitrogens with zero attached hydrogens (tertiary/aromatic N) is 3. The second-order valence-corrected chi connectivity index (χ2v) is 7.61. The third-order valence-electron chi connectivity index (χ3n) is 5.42. The minimum Gasteiger partial charge on any atom is -0.339 e. The van der Waals surface area contributed by atoms with Crippen molar-refractivity contribution in [1.82, 2.24) is 14.9 Å². The Morgan fingerprint density at radius 2 is 1.83 bits per heavy atom. The zero-order valence-electron chi connectivity index (χ0n) is 17.2. The molecule has 1 aromatic carbocycles. The molecule has 1 fully saturated rings. The van der Waals surface area contributed by atoms with E-state index in [9.17, 15) is 4.79 Å². The Kier molecular flexibility index (Phi) is 6.18. The van der Waals surface area contributed by atoms with E-state index in [1.54, 1.807) is 6.08 Å². The lowest BCUT2D eigenvalue weighted by molar-refractivity contribution is -0.126. The molecule has 1 aliphatic rings. The number of likely N-dealkylation sites (tertiary alicyclic amines) is 1. The highest BCUT2D eigenvalue weighted by molar-refractivity contribution is 5.91. The Hall–Kier alpha value is -3.47. The van der Waals surface area contributed by atoms with E-state index in [2.05, 4.69) is 27.4 Å². The Morgan fingerprint density at radius 3 is 2.60 bits per heavy atom. The van der Waals surface area contributed by atoms with Crippen molar-refractivity contribution in [3.63, 3.8) is 0 Å². The van der Waals surface area contributed by atoms with Crippen molar-refractivity contribution < 1.29 is 4.79 Å². The van der Waals surface area contributed by atoms with Crippen LogP contribution >= 0.6 is 0 Å². The molecular weight excluding hydrogens is 372 g/mol. The van der Waals surface area contributed by atoms with Crippen LogP contribution in [0.3, 0.4) is 0 Å². The summed E-state index contributed by atoms with van der Waals surface area (Å²) in [5, 5.41) is 3.29. The fourth-order valence-electron chi connectivity index (χ4n) is 3.78. The van der Waals surface area contributed by atoms with Crippen molar-refractivity contribution in [2.24, 2.45) is 0 Å². The van der Waals surface area contributed by atoms with Crippen LogP contribution in [0.2, 0.25) is 0 Å². The van der Waals surface area contributed by atoms with Crippen molar-refractivity contribution in [2.75, 3.05) is 18.4 Å². The molecule has 1 N–H and O–H groups in total. The molecule has 4 rings (SSSR count). The summed E-state index contributed by atoms with van der Waals surface area (Å²) < 4.78 is 0. The maximum Gasteiger partial charge on any atom is 0.246 e. The average molecular weight is 399 g/mol. The van der Waals surface area contributed by atoms with Crippen molar-refractivity contribution in [3.05, 3.63) is 89.8 Å². The minimum absolute atomic E-state index is 0.0832. The Balaban J connectivity index is 1.35. The van der Waals surface area contributed by atoms with Gasteiger partial charge < -0.3 is 10.2 Å². The van der Waals surface area contributed by atoms with Crippen molar-refractivity contribution in [3.8, 4) is 0 Å². The molecular formula is C25H26N4O. The lowest BCUT2D eigenvalue weighted by Crippen LogP contribution is -2.36. The lowest BCUT2D eigenvalue weighted by atomic mass is 9.90. The van der Waals surface area contributed by atoms with Gasteiger partial charge in [0.1, 0.15) is 11.6 Å². The Bertz CT molecular complexity index is 1020. The van der Waals surface area contributed by atoms with Crippen molar-refractivity contribution in [2.45, 2.75) is 25.7 Å². The van der Waals surface area contributed by atoms with Crippen LogP contribution in [0.4, 0.5) is 11.6 Å². The minimum atomic E-state index is 0.0832. The van der Waals surface area contributed by atoms with E-state index < -0.39 is 0 Å². The summed E-state index contributed by atoms with van der Waals surface area (Å²) in [6, 6.07) is 20.0. The zero-order valence-corrected chi connectivity index (χ0v) is 17.2. The molecule has 0 unspecified atom stereocenters. The van der Waals surface area contributed by atoms with Crippen LogP contribution in [0, 0.1) is 6.92 Å². The molecule has 152 valence electrons. The van der Waals surface area contributed by atoms with E-state index in [0.29, 0.717) is 5.92 Å². The summed E-state index contributed by atoms with van der Waals surface area (Å²) >= 11 is 0. The molecule has 5 nitrogen and oxygen atoms in total. The number of aryl methyl sites for hydroxylation is 1. The average Bonchev–Trinajstić information content (AvgIpc) is 2.78. The molecule has 0 atom stereocenters. The van der Waals surface area contributed by atoms with Gasteiger partial charge in [-0.1, -0.05) is 36.4 Å². The number of piperidine rings is 1. The smallest absolute Gasteiger partial charge is 0.246 e. The van der Waals surface area contributed by atoms with E-state index >= 15 is 0 Å². The normalized spacial score (nSPS) is 14.8. The molecule has 2 aromatic heterocycles. The molecule has 1 aliphatic heterocycles. The lowest BCUT2D eigenvalue weighted by Gasteiger charge is -2.31. The third kappa shape index (κ3) is 5.11. The number of carbonyl (C=O) groups excluding carboxylic acids is 1.